The van der Waals surface area contributed by atoms with Gasteiger partial charge in [0, 0.05) is 25.1 Å². The molecule has 1 unspecified atom stereocenters. The average molecular weight is 231 g/mol. The van der Waals surface area contributed by atoms with Crippen LogP contribution in [0.3, 0.4) is 0 Å². The fourth-order valence-electron chi connectivity index (χ4n) is 1.90. The summed E-state index contributed by atoms with van der Waals surface area (Å²) in [5.74, 6) is 1.02. The number of carbonyl (C=O) groups excluding carboxylic acids is 1. The predicted octanol–water partition coefficient (Wildman–Crippen LogP) is 1.80. The standard InChI is InChI=1S/C13H17N3O/c1-8(14)6-13(17)10-4-5-12-11(7-10)15-9(2)16(12)3/h4-5,7-8H,6,14H2,1-3H3. The van der Waals surface area contributed by atoms with Crippen LogP contribution in [-0.4, -0.2) is 21.4 Å². The largest absolute Gasteiger partial charge is 0.331 e. The number of benzene rings is 1. The zero-order valence-corrected chi connectivity index (χ0v) is 10.4. The van der Waals surface area contributed by atoms with Crippen molar-refractivity contribution in [2.45, 2.75) is 26.3 Å². The minimum atomic E-state index is -0.108. The molecule has 2 aromatic rings. The SMILES string of the molecule is Cc1nc2cc(C(=O)CC(C)N)ccc2n1C. The van der Waals surface area contributed by atoms with Gasteiger partial charge in [0.25, 0.3) is 0 Å². The molecule has 2 N–H and O–H groups in total. The zero-order chi connectivity index (χ0) is 12.6. The molecule has 90 valence electrons. The molecule has 0 amide bonds. The summed E-state index contributed by atoms with van der Waals surface area (Å²) in [5, 5.41) is 0. The van der Waals surface area contributed by atoms with Gasteiger partial charge in [-0.3, -0.25) is 4.79 Å². The summed E-state index contributed by atoms with van der Waals surface area (Å²) >= 11 is 0. The summed E-state index contributed by atoms with van der Waals surface area (Å²) in [5.41, 5.74) is 8.22. The fourth-order valence-corrected chi connectivity index (χ4v) is 1.90. The lowest BCUT2D eigenvalue weighted by Gasteiger charge is -2.04. The van der Waals surface area contributed by atoms with Crippen LogP contribution < -0.4 is 5.73 Å². The minimum Gasteiger partial charge on any atom is -0.331 e. The van der Waals surface area contributed by atoms with E-state index in [9.17, 15) is 4.79 Å². The molecule has 4 nitrogen and oxygen atoms in total. The van der Waals surface area contributed by atoms with Gasteiger partial charge < -0.3 is 10.3 Å². The predicted molar refractivity (Wildman–Crippen MR) is 68.0 cm³/mol. The van der Waals surface area contributed by atoms with Gasteiger partial charge in [-0.15, -0.1) is 0 Å². The quantitative estimate of drug-likeness (QED) is 0.819. The maximum Gasteiger partial charge on any atom is 0.164 e. The van der Waals surface area contributed by atoms with Crippen LogP contribution in [0, 0.1) is 6.92 Å². The molecule has 0 saturated heterocycles. The first-order valence-electron chi connectivity index (χ1n) is 5.71. The number of hydrogen-bond donors (Lipinski definition) is 1. The van der Waals surface area contributed by atoms with Crippen LogP contribution in [0.15, 0.2) is 18.2 Å². The molecule has 0 aliphatic rings. The zero-order valence-electron chi connectivity index (χ0n) is 10.4. The lowest BCUT2D eigenvalue weighted by atomic mass is 10.0. The second-order valence-electron chi connectivity index (χ2n) is 4.53. The van der Waals surface area contributed by atoms with Gasteiger partial charge in [0.1, 0.15) is 5.82 Å². The van der Waals surface area contributed by atoms with Crippen molar-refractivity contribution in [2.75, 3.05) is 0 Å². The first-order valence-corrected chi connectivity index (χ1v) is 5.71. The van der Waals surface area contributed by atoms with Crippen molar-refractivity contribution in [1.29, 1.82) is 0 Å². The van der Waals surface area contributed by atoms with Crippen LogP contribution in [0.4, 0.5) is 0 Å². The molecule has 1 heterocycles. The van der Waals surface area contributed by atoms with E-state index >= 15 is 0 Å². The number of nitrogens with two attached hydrogens (primary N) is 1. The third kappa shape index (κ3) is 2.22. The number of ketones is 1. The van der Waals surface area contributed by atoms with Gasteiger partial charge in [0.15, 0.2) is 5.78 Å². The maximum absolute atomic E-state index is 11.9. The molecule has 0 spiro atoms. The van der Waals surface area contributed by atoms with E-state index in [4.69, 9.17) is 5.73 Å². The van der Waals surface area contributed by atoms with Crippen LogP contribution in [0.1, 0.15) is 29.5 Å². The van der Waals surface area contributed by atoms with Crippen molar-refractivity contribution in [3.05, 3.63) is 29.6 Å². The summed E-state index contributed by atoms with van der Waals surface area (Å²) in [4.78, 5) is 16.3. The van der Waals surface area contributed by atoms with Crippen LogP contribution in [0.2, 0.25) is 0 Å². The number of aromatic nitrogens is 2. The highest BCUT2D eigenvalue weighted by Crippen LogP contribution is 2.17. The van der Waals surface area contributed by atoms with Crippen LogP contribution in [0.25, 0.3) is 11.0 Å². The summed E-state index contributed by atoms with van der Waals surface area (Å²) in [6.07, 6.45) is 0.372. The van der Waals surface area contributed by atoms with Gasteiger partial charge in [-0.1, -0.05) is 0 Å². The molecule has 0 aliphatic heterocycles. The van der Waals surface area contributed by atoms with Gasteiger partial charge in [-0.25, -0.2) is 4.98 Å². The second kappa shape index (κ2) is 4.30. The maximum atomic E-state index is 11.9. The molecule has 1 aromatic carbocycles. The molecular weight excluding hydrogens is 214 g/mol. The molecule has 4 heteroatoms. The van der Waals surface area contributed by atoms with Gasteiger partial charge in [0.05, 0.1) is 11.0 Å². The van der Waals surface area contributed by atoms with E-state index in [1.54, 1.807) is 0 Å². The number of carbonyl (C=O) groups is 1. The highest BCUT2D eigenvalue weighted by Gasteiger charge is 2.11. The minimum absolute atomic E-state index is 0.0743. The van der Waals surface area contributed by atoms with E-state index in [0.717, 1.165) is 16.9 Å². The lowest BCUT2D eigenvalue weighted by molar-refractivity contribution is 0.0976. The highest BCUT2D eigenvalue weighted by molar-refractivity contribution is 5.99. The molecule has 0 radical (unpaired) electrons. The van der Waals surface area contributed by atoms with Crippen molar-refractivity contribution < 1.29 is 4.79 Å². The molecule has 1 atom stereocenters. The van der Waals surface area contributed by atoms with Crippen molar-refractivity contribution in [3.63, 3.8) is 0 Å². The Labute approximate surface area is 100 Å². The average Bonchev–Trinajstić information content (AvgIpc) is 2.53. The summed E-state index contributed by atoms with van der Waals surface area (Å²) in [7, 11) is 1.97. The smallest absolute Gasteiger partial charge is 0.164 e. The number of Topliss-reactive ketones (excluding diaryl/α,β-unsaturated/α-hetero) is 1. The first kappa shape index (κ1) is 11.8. The van der Waals surface area contributed by atoms with Gasteiger partial charge in [0.2, 0.25) is 0 Å². The second-order valence-corrected chi connectivity index (χ2v) is 4.53. The highest BCUT2D eigenvalue weighted by atomic mass is 16.1. The first-order chi connectivity index (χ1) is 7.99. The number of aryl methyl sites for hydroxylation is 2. The molecule has 2 rings (SSSR count). The summed E-state index contributed by atoms with van der Waals surface area (Å²) in [6.45, 7) is 3.78. The normalized spacial score (nSPS) is 12.9. The molecule has 0 saturated carbocycles. The monoisotopic (exact) mass is 231 g/mol. The van der Waals surface area contributed by atoms with E-state index < -0.39 is 0 Å². The fraction of sp³-hybridized carbons (Fsp3) is 0.385. The summed E-state index contributed by atoms with van der Waals surface area (Å²) < 4.78 is 2.01. The number of fused-ring (bicyclic) bond motifs is 1. The van der Waals surface area contributed by atoms with E-state index in [1.807, 2.05) is 43.7 Å². The third-order valence-electron chi connectivity index (χ3n) is 2.93. The Balaban J connectivity index is 2.41. The Bertz CT molecular complexity index is 569. The van der Waals surface area contributed by atoms with Crippen molar-refractivity contribution in [1.82, 2.24) is 9.55 Å². The molecular formula is C13H17N3O. The van der Waals surface area contributed by atoms with Crippen molar-refractivity contribution >= 4 is 16.8 Å². The molecule has 0 aliphatic carbocycles. The number of nitrogens with zero attached hydrogens (tertiary/aromatic N) is 2. The van der Waals surface area contributed by atoms with Crippen LogP contribution in [-0.2, 0) is 7.05 Å². The van der Waals surface area contributed by atoms with E-state index in [1.165, 1.54) is 0 Å². The summed E-state index contributed by atoms with van der Waals surface area (Å²) in [6, 6.07) is 5.51. The van der Waals surface area contributed by atoms with Crippen molar-refractivity contribution in [2.24, 2.45) is 12.8 Å². The van der Waals surface area contributed by atoms with E-state index in [2.05, 4.69) is 4.98 Å². The third-order valence-corrected chi connectivity index (χ3v) is 2.93. The Morgan fingerprint density at radius 2 is 2.24 bits per heavy atom. The topological polar surface area (TPSA) is 60.9 Å². The Morgan fingerprint density at radius 3 is 2.88 bits per heavy atom. The van der Waals surface area contributed by atoms with Gasteiger partial charge >= 0.3 is 0 Å². The molecule has 0 fully saturated rings. The Kier molecular flexibility index (Phi) is 2.98. The van der Waals surface area contributed by atoms with Gasteiger partial charge in [-0.2, -0.15) is 0 Å². The number of hydrogen-bond acceptors (Lipinski definition) is 3. The van der Waals surface area contributed by atoms with Gasteiger partial charge in [-0.05, 0) is 32.0 Å². The lowest BCUT2D eigenvalue weighted by Crippen LogP contribution is -2.19. The van der Waals surface area contributed by atoms with E-state index in [-0.39, 0.29) is 11.8 Å². The number of imidazole rings is 1. The van der Waals surface area contributed by atoms with E-state index in [0.29, 0.717) is 12.0 Å². The Hall–Kier alpha value is -1.68. The Morgan fingerprint density at radius 1 is 1.53 bits per heavy atom. The molecule has 1 aromatic heterocycles. The molecule has 0 bridgehead atoms. The van der Waals surface area contributed by atoms with Crippen LogP contribution >= 0.6 is 0 Å². The number of rotatable bonds is 3. The van der Waals surface area contributed by atoms with Crippen LogP contribution in [0.5, 0.6) is 0 Å². The molecule has 17 heavy (non-hydrogen) atoms. The van der Waals surface area contributed by atoms with Crippen molar-refractivity contribution in [3.8, 4) is 0 Å².